The Kier molecular flexibility index (Phi) is 5.02. The molecule has 144 valence electrons. The molecule has 2 aromatic heterocycles. The van der Waals surface area contributed by atoms with Crippen LogP contribution in [0.1, 0.15) is 16.3 Å². The van der Waals surface area contributed by atoms with Crippen LogP contribution in [0.5, 0.6) is 0 Å². The van der Waals surface area contributed by atoms with E-state index in [2.05, 4.69) is 16.1 Å². The normalized spacial score (nSPS) is 17.0. The molecule has 0 spiro atoms. The van der Waals surface area contributed by atoms with Gasteiger partial charge in [0.05, 0.1) is 5.02 Å². The smallest absolute Gasteiger partial charge is 0.248 e. The van der Waals surface area contributed by atoms with Crippen molar-refractivity contribution in [3.8, 4) is 0 Å². The van der Waals surface area contributed by atoms with Crippen LogP contribution in [-0.2, 0) is 16.6 Å². The molecule has 9 heteroatoms. The van der Waals surface area contributed by atoms with Gasteiger partial charge in [0.1, 0.15) is 10.6 Å². The second-order valence-electron chi connectivity index (χ2n) is 6.67. The summed E-state index contributed by atoms with van der Waals surface area (Å²) in [5.41, 5.74) is 0.409. The summed E-state index contributed by atoms with van der Waals surface area (Å²) in [5, 5.41) is 5.66. The van der Waals surface area contributed by atoms with E-state index in [9.17, 15) is 8.42 Å². The third kappa shape index (κ3) is 3.40. The zero-order chi connectivity index (χ0) is 19.2. The van der Waals surface area contributed by atoms with Crippen LogP contribution in [0.2, 0.25) is 5.02 Å². The van der Waals surface area contributed by atoms with E-state index in [1.165, 1.54) is 9.01 Å². The first kappa shape index (κ1) is 18.9. The van der Waals surface area contributed by atoms with E-state index in [1.54, 1.807) is 25.2 Å². The number of hydrogen-bond donors (Lipinski definition) is 0. The molecule has 6 nitrogen and oxygen atoms in total. The number of benzene rings is 1. The van der Waals surface area contributed by atoms with E-state index in [0.29, 0.717) is 37.6 Å². The Morgan fingerprint density at radius 3 is 2.52 bits per heavy atom. The summed E-state index contributed by atoms with van der Waals surface area (Å²) < 4.78 is 33.6. The van der Waals surface area contributed by atoms with Gasteiger partial charge in [-0.15, -0.1) is 11.3 Å². The topological polar surface area (TPSA) is 66.7 Å². The van der Waals surface area contributed by atoms with Gasteiger partial charge >= 0.3 is 0 Å². The minimum Gasteiger partial charge on any atom is -0.360 e. The second kappa shape index (κ2) is 7.18. The molecule has 0 N–H and O–H groups in total. The minimum absolute atomic E-state index is 0.198. The maximum atomic E-state index is 12.9. The van der Waals surface area contributed by atoms with Gasteiger partial charge in [-0.3, -0.25) is 4.90 Å². The Balaban J connectivity index is 1.47. The van der Waals surface area contributed by atoms with Crippen molar-refractivity contribution in [2.75, 3.05) is 26.2 Å². The van der Waals surface area contributed by atoms with E-state index < -0.39 is 10.0 Å². The van der Waals surface area contributed by atoms with E-state index in [1.807, 2.05) is 18.2 Å². The molecule has 0 atom stereocenters. The lowest BCUT2D eigenvalue weighted by Gasteiger charge is -2.33. The zero-order valence-electron chi connectivity index (χ0n) is 15.1. The van der Waals surface area contributed by atoms with Gasteiger partial charge in [0.15, 0.2) is 5.76 Å². The van der Waals surface area contributed by atoms with Crippen LogP contribution >= 0.6 is 22.9 Å². The molecule has 1 aliphatic heterocycles. The number of thiophene rings is 1. The Hall–Kier alpha value is -1.45. The third-order valence-corrected chi connectivity index (χ3v) is 8.71. The number of sulfonamides is 1. The highest BCUT2D eigenvalue weighted by Gasteiger charge is 2.33. The summed E-state index contributed by atoms with van der Waals surface area (Å²) in [4.78, 5) is 3.57. The van der Waals surface area contributed by atoms with E-state index in [4.69, 9.17) is 16.1 Å². The maximum Gasteiger partial charge on any atom is 0.248 e. The van der Waals surface area contributed by atoms with Crippen LogP contribution in [0.4, 0.5) is 0 Å². The van der Waals surface area contributed by atoms with Crippen molar-refractivity contribution in [1.82, 2.24) is 14.4 Å². The first-order valence-corrected chi connectivity index (χ1v) is 11.3. The van der Waals surface area contributed by atoms with Crippen molar-refractivity contribution in [2.45, 2.75) is 25.3 Å². The standard InChI is InChI=1S/C18H20ClN3O3S2/c1-12-18(13(2)25-20-12)27(23,24)22-9-7-21(8-10-22)11-16-17(19)14-5-3-4-6-15(14)26-16/h3-6H,7-11H2,1-2H3. The highest BCUT2D eigenvalue weighted by Crippen LogP contribution is 2.36. The molecule has 27 heavy (non-hydrogen) atoms. The largest absolute Gasteiger partial charge is 0.360 e. The number of halogens is 1. The van der Waals surface area contributed by atoms with Crippen molar-refractivity contribution in [2.24, 2.45) is 0 Å². The molecule has 0 bridgehead atoms. The molecule has 3 aromatic rings. The molecule has 4 rings (SSSR count). The molecule has 0 amide bonds. The highest BCUT2D eigenvalue weighted by atomic mass is 35.5. The highest BCUT2D eigenvalue weighted by molar-refractivity contribution is 7.89. The summed E-state index contributed by atoms with van der Waals surface area (Å²) in [5.74, 6) is 0.340. The van der Waals surface area contributed by atoms with Crippen molar-refractivity contribution in [1.29, 1.82) is 0 Å². The first-order chi connectivity index (χ1) is 12.9. The predicted molar refractivity (Wildman–Crippen MR) is 107 cm³/mol. The van der Waals surface area contributed by atoms with Gasteiger partial charge in [-0.05, 0) is 19.9 Å². The maximum absolute atomic E-state index is 12.9. The number of aromatic nitrogens is 1. The summed E-state index contributed by atoms with van der Waals surface area (Å²) >= 11 is 8.24. The fourth-order valence-electron chi connectivity index (χ4n) is 3.47. The molecule has 1 fully saturated rings. The monoisotopic (exact) mass is 425 g/mol. The van der Waals surface area contributed by atoms with Crippen LogP contribution in [0.25, 0.3) is 10.1 Å². The predicted octanol–water partition coefficient (Wildman–Crippen LogP) is 3.67. The summed E-state index contributed by atoms with van der Waals surface area (Å²) in [6, 6.07) is 8.11. The average molecular weight is 426 g/mol. The minimum atomic E-state index is -3.58. The molecule has 1 aromatic carbocycles. The Morgan fingerprint density at radius 2 is 1.89 bits per heavy atom. The van der Waals surface area contributed by atoms with Crippen LogP contribution in [-0.4, -0.2) is 49.0 Å². The van der Waals surface area contributed by atoms with Gasteiger partial charge in [-0.2, -0.15) is 4.31 Å². The Labute approximate surface area is 167 Å². The van der Waals surface area contributed by atoms with Crippen LogP contribution in [0.3, 0.4) is 0 Å². The molecule has 0 aliphatic carbocycles. The molecule has 0 unspecified atom stereocenters. The summed E-state index contributed by atoms with van der Waals surface area (Å²) in [6.45, 7) is 6.22. The molecule has 0 radical (unpaired) electrons. The number of rotatable bonds is 4. The molecular formula is C18H20ClN3O3S2. The number of fused-ring (bicyclic) bond motifs is 1. The molecule has 3 heterocycles. The molecule has 0 saturated carbocycles. The van der Waals surface area contributed by atoms with E-state index in [0.717, 1.165) is 21.8 Å². The number of nitrogens with zero attached hydrogens (tertiary/aromatic N) is 3. The number of hydrogen-bond acceptors (Lipinski definition) is 6. The van der Waals surface area contributed by atoms with Gasteiger partial charge in [-0.1, -0.05) is 35.0 Å². The van der Waals surface area contributed by atoms with Crippen molar-refractivity contribution < 1.29 is 12.9 Å². The van der Waals surface area contributed by atoms with Gasteiger partial charge in [0, 0.05) is 47.7 Å². The fourth-order valence-corrected chi connectivity index (χ4v) is 6.72. The average Bonchev–Trinajstić information content (AvgIpc) is 3.15. The third-order valence-electron chi connectivity index (χ3n) is 4.87. The second-order valence-corrected chi connectivity index (χ2v) is 10.1. The zero-order valence-corrected chi connectivity index (χ0v) is 17.5. The van der Waals surface area contributed by atoms with Crippen LogP contribution in [0.15, 0.2) is 33.7 Å². The van der Waals surface area contributed by atoms with E-state index >= 15 is 0 Å². The van der Waals surface area contributed by atoms with Gasteiger partial charge in [0.25, 0.3) is 0 Å². The molecule has 1 aliphatic rings. The fraction of sp³-hybridized carbons (Fsp3) is 0.389. The summed E-state index contributed by atoms with van der Waals surface area (Å²) in [7, 11) is -3.58. The Bertz CT molecular complexity index is 1060. The number of aryl methyl sites for hydroxylation is 2. The van der Waals surface area contributed by atoms with Crippen molar-refractivity contribution >= 4 is 43.0 Å². The van der Waals surface area contributed by atoms with Crippen LogP contribution in [0, 0.1) is 13.8 Å². The van der Waals surface area contributed by atoms with Gasteiger partial charge < -0.3 is 4.52 Å². The lowest BCUT2D eigenvalue weighted by atomic mass is 10.2. The van der Waals surface area contributed by atoms with E-state index in [-0.39, 0.29) is 4.90 Å². The van der Waals surface area contributed by atoms with Gasteiger partial charge in [-0.25, -0.2) is 8.42 Å². The van der Waals surface area contributed by atoms with Crippen molar-refractivity contribution in [3.63, 3.8) is 0 Å². The van der Waals surface area contributed by atoms with Crippen LogP contribution < -0.4 is 0 Å². The number of piperazine rings is 1. The molecular weight excluding hydrogens is 406 g/mol. The van der Waals surface area contributed by atoms with Crippen molar-refractivity contribution in [3.05, 3.63) is 45.6 Å². The quantitative estimate of drug-likeness (QED) is 0.638. The van der Waals surface area contributed by atoms with Gasteiger partial charge in [0.2, 0.25) is 10.0 Å². The Morgan fingerprint density at radius 1 is 1.19 bits per heavy atom. The summed E-state index contributed by atoms with van der Waals surface area (Å²) in [6.07, 6.45) is 0. The SMILES string of the molecule is Cc1noc(C)c1S(=O)(=O)N1CCN(Cc2sc3ccccc3c2Cl)CC1. The lowest BCUT2D eigenvalue weighted by molar-refractivity contribution is 0.183. The lowest BCUT2D eigenvalue weighted by Crippen LogP contribution is -2.48. The molecule has 1 saturated heterocycles. The first-order valence-electron chi connectivity index (χ1n) is 8.69.